The Bertz CT molecular complexity index is 559. The fraction of sp³-hybridized carbons (Fsp3) is 0.750. The van der Waals surface area contributed by atoms with Gasteiger partial charge in [0.15, 0.2) is 0 Å². The van der Waals surface area contributed by atoms with Gasteiger partial charge in [0.25, 0.3) is 0 Å². The van der Waals surface area contributed by atoms with Gasteiger partial charge in [-0.05, 0) is 99.2 Å². The average Bonchev–Trinajstić information content (AvgIpc) is 2.71. The summed E-state index contributed by atoms with van der Waals surface area (Å²) in [7, 11) is 0. The summed E-state index contributed by atoms with van der Waals surface area (Å²) in [5.74, 6) is 3.01. The summed E-state index contributed by atoms with van der Waals surface area (Å²) < 4.78 is 19.4. The Kier molecular flexibility index (Phi) is 8.46. The fourth-order valence-electron chi connectivity index (χ4n) is 5.36. The van der Waals surface area contributed by atoms with Crippen molar-refractivity contribution in [3.8, 4) is 0 Å². The van der Waals surface area contributed by atoms with Crippen LogP contribution in [0.1, 0.15) is 89.0 Å². The van der Waals surface area contributed by atoms with E-state index in [-0.39, 0.29) is 10.8 Å². The molecule has 0 radical (unpaired) electrons. The standard InChI is InChI=1S/C24H36ClFO/c1-2-15-27-16-3-4-18-5-7-19(8-6-18)20-9-11-21(12-10-20)22-13-14-23(25)24(26)17-22/h13-14,17-21H,2-12,15-16H2,1H3. The minimum absolute atomic E-state index is 0.237. The monoisotopic (exact) mass is 394 g/mol. The van der Waals surface area contributed by atoms with Gasteiger partial charge in [-0.3, -0.25) is 0 Å². The lowest BCUT2D eigenvalue weighted by atomic mass is 9.68. The third kappa shape index (κ3) is 6.19. The summed E-state index contributed by atoms with van der Waals surface area (Å²) in [4.78, 5) is 0. The third-order valence-electron chi connectivity index (χ3n) is 6.99. The van der Waals surface area contributed by atoms with Crippen LogP contribution in [-0.2, 0) is 4.74 Å². The molecule has 2 aliphatic rings. The number of hydrogen-bond acceptors (Lipinski definition) is 1. The van der Waals surface area contributed by atoms with Gasteiger partial charge >= 0.3 is 0 Å². The van der Waals surface area contributed by atoms with E-state index in [0.29, 0.717) is 5.92 Å². The van der Waals surface area contributed by atoms with Crippen LogP contribution < -0.4 is 0 Å². The van der Waals surface area contributed by atoms with Crippen LogP contribution in [0.15, 0.2) is 18.2 Å². The van der Waals surface area contributed by atoms with E-state index in [2.05, 4.69) is 6.92 Å². The molecule has 0 saturated heterocycles. The van der Waals surface area contributed by atoms with Gasteiger partial charge in [-0.1, -0.05) is 37.4 Å². The number of rotatable bonds is 8. The predicted octanol–water partition coefficient (Wildman–Crippen LogP) is 7.77. The van der Waals surface area contributed by atoms with Crippen LogP contribution in [0.2, 0.25) is 5.02 Å². The van der Waals surface area contributed by atoms with Gasteiger partial charge in [0.05, 0.1) is 5.02 Å². The summed E-state index contributed by atoms with van der Waals surface area (Å²) in [5, 5.41) is 0.237. The van der Waals surface area contributed by atoms with Crippen LogP contribution in [0.5, 0.6) is 0 Å². The van der Waals surface area contributed by atoms with E-state index in [0.717, 1.165) is 43.0 Å². The van der Waals surface area contributed by atoms with E-state index in [1.807, 2.05) is 6.07 Å². The van der Waals surface area contributed by atoms with E-state index >= 15 is 0 Å². The molecular weight excluding hydrogens is 359 g/mol. The minimum atomic E-state index is -0.269. The third-order valence-corrected chi connectivity index (χ3v) is 7.30. The van der Waals surface area contributed by atoms with Gasteiger partial charge < -0.3 is 4.74 Å². The molecule has 27 heavy (non-hydrogen) atoms. The zero-order chi connectivity index (χ0) is 19.1. The first-order valence-corrected chi connectivity index (χ1v) is 11.6. The smallest absolute Gasteiger partial charge is 0.142 e. The van der Waals surface area contributed by atoms with Crippen molar-refractivity contribution in [1.82, 2.24) is 0 Å². The predicted molar refractivity (Wildman–Crippen MR) is 112 cm³/mol. The van der Waals surface area contributed by atoms with Crippen LogP contribution in [0.3, 0.4) is 0 Å². The van der Waals surface area contributed by atoms with Crippen LogP contribution in [0, 0.1) is 23.6 Å². The highest BCUT2D eigenvalue weighted by atomic mass is 35.5. The fourth-order valence-corrected chi connectivity index (χ4v) is 5.48. The van der Waals surface area contributed by atoms with Crippen molar-refractivity contribution in [1.29, 1.82) is 0 Å². The molecule has 0 bridgehead atoms. The van der Waals surface area contributed by atoms with Gasteiger partial charge in [0.1, 0.15) is 5.82 Å². The molecule has 1 nitrogen and oxygen atoms in total. The maximum atomic E-state index is 13.7. The average molecular weight is 395 g/mol. The van der Waals surface area contributed by atoms with Crippen molar-refractivity contribution < 1.29 is 9.13 Å². The molecule has 0 spiro atoms. The maximum Gasteiger partial charge on any atom is 0.142 e. The van der Waals surface area contributed by atoms with Crippen molar-refractivity contribution >= 4 is 11.6 Å². The van der Waals surface area contributed by atoms with Gasteiger partial charge in [-0.25, -0.2) is 4.39 Å². The van der Waals surface area contributed by atoms with Gasteiger partial charge in [0, 0.05) is 13.2 Å². The Hall–Kier alpha value is -0.600. The topological polar surface area (TPSA) is 9.23 Å². The lowest BCUT2D eigenvalue weighted by molar-refractivity contribution is 0.117. The Morgan fingerprint density at radius 1 is 0.963 bits per heavy atom. The summed E-state index contributed by atoms with van der Waals surface area (Å²) in [6.45, 7) is 4.03. The summed E-state index contributed by atoms with van der Waals surface area (Å²) >= 11 is 5.83. The Morgan fingerprint density at radius 2 is 1.63 bits per heavy atom. The van der Waals surface area contributed by atoms with Gasteiger partial charge in [-0.2, -0.15) is 0 Å². The molecule has 0 N–H and O–H groups in total. The highest BCUT2D eigenvalue weighted by Crippen LogP contribution is 2.44. The van der Waals surface area contributed by atoms with Crippen molar-refractivity contribution in [2.75, 3.05) is 13.2 Å². The lowest BCUT2D eigenvalue weighted by Gasteiger charge is -2.38. The lowest BCUT2D eigenvalue weighted by Crippen LogP contribution is -2.25. The second kappa shape index (κ2) is 10.8. The van der Waals surface area contributed by atoms with Crippen molar-refractivity contribution in [3.63, 3.8) is 0 Å². The SMILES string of the molecule is CCCOCCCC1CCC(C2CCC(c3ccc(Cl)c(F)c3)CC2)CC1. The van der Waals surface area contributed by atoms with Crippen molar-refractivity contribution in [2.24, 2.45) is 17.8 Å². The van der Waals surface area contributed by atoms with Crippen LogP contribution in [-0.4, -0.2) is 13.2 Å². The quantitative estimate of drug-likeness (QED) is 0.409. The molecule has 0 unspecified atom stereocenters. The Morgan fingerprint density at radius 3 is 2.26 bits per heavy atom. The Labute approximate surface area is 170 Å². The summed E-state index contributed by atoms with van der Waals surface area (Å²) in [6, 6.07) is 5.39. The van der Waals surface area contributed by atoms with E-state index in [1.165, 1.54) is 64.2 Å². The van der Waals surface area contributed by atoms with Crippen molar-refractivity contribution in [3.05, 3.63) is 34.6 Å². The Balaban J connectivity index is 1.36. The van der Waals surface area contributed by atoms with Gasteiger partial charge in [-0.15, -0.1) is 0 Å². The molecule has 152 valence electrons. The molecule has 1 aromatic carbocycles. The summed E-state index contributed by atoms with van der Waals surface area (Å²) in [6.07, 6.45) is 14.4. The summed E-state index contributed by atoms with van der Waals surface area (Å²) in [5.41, 5.74) is 1.14. The number of halogens is 2. The van der Waals surface area contributed by atoms with E-state index in [1.54, 1.807) is 12.1 Å². The highest BCUT2D eigenvalue weighted by Gasteiger charge is 2.31. The molecule has 0 atom stereocenters. The molecule has 0 aromatic heterocycles. The van der Waals surface area contributed by atoms with E-state index in [9.17, 15) is 4.39 Å². The molecule has 0 aliphatic heterocycles. The molecule has 1 aromatic rings. The first-order valence-electron chi connectivity index (χ1n) is 11.2. The molecular formula is C24H36ClFO. The number of benzene rings is 1. The molecule has 0 amide bonds. The van der Waals surface area contributed by atoms with E-state index in [4.69, 9.17) is 16.3 Å². The van der Waals surface area contributed by atoms with Crippen LogP contribution in [0.25, 0.3) is 0 Å². The van der Waals surface area contributed by atoms with Gasteiger partial charge in [0.2, 0.25) is 0 Å². The second-order valence-electron chi connectivity index (χ2n) is 8.82. The molecule has 2 saturated carbocycles. The highest BCUT2D eigenvalue weighted by molar-refractivity contribution is 6.30. The largest absolute Gasteiger partial charge is 0.381 e. The van der Waals surface area contributed by atoms with E-state index < -0.39 is 0 Å². The molecule has 0 heterocycles. The zero-order valence-electron chi connectivity index (χ0n) is 16.9. The van der Waals surface area contributed by atoms with Crippen molar-refractivity contribution in [2.45, 2.75) is 83.5 Å². The molecule has 2 aliphatic carbocycles. The molecule has 3 rings (SSSR count). The zero-order valence-corrected chi connectivity index (χ0v) is 17.7. The number of ether oxygens (including phenoxy) is 1. The number of hydrogen-bond donors (Lipinski definition) is 0. The second-order valence-corrected chi connectivity index (χ2v) is 9.23. The van der Waals surface area contributed by atoms with Crippen LogP contribution >= 0.6 is 11.6 Å². The molecule has 2 fully saturated rings. The normalized spacial score (nSPS) is 29.0. The minimum Gasteiger partial charge on any atom is -0.381 e. The maximum absolute atomic E-state index is 13.7. The van der Waals surface area contributed by atoms with Crippen LogP contribution in [0.4, 0.5) is 4.39 Å². The first-order chi connectivity index (χ1) is 13.2. The first kappa shape index (κ1) is 21.1. The molecule has 3 heteroatoms.